The Morgan fingerprint density at radius 1 is 0.591 bits per heavy atom. The van der Waals surface area contributed by atoms with Gasteiger partial charge in [-0.05, 0) is 49.4 Å². The molecule has 0 spiro atoms. The molecule has 0 fully saturated rings. The molecule has 0 amide bonds. The van der Waals surface area contributed by atoms with Crippen LogP contribution < -0.4 is 0 Å². The van der Waals surface area contributed by atoms with Crippen LogP contribution >= 0.6 is 0 Å². The highest BCUT2D eigenvalue weighted by molar-refractivity contribution is 6.15. The van der Waals surface area contributed by atoms with E-state index >= 15 is 0 Å². The van der Waals surface area contributed by atoms with Crippen LogP contribution in [0, 0.1) is 0 Å². The van der Waals surface area contributed by atoms with E-state index < -0.39 is 0 Å². The molecule has 0 aliphatic heterocycles. The summed E-state index contributed by atoms with van der Waals surface area (Å²) in [7, 11) is 0. The van der Waals surface area contributed by atoms with Gasteiger partial charge in [-0.2, -0.15) is 0 Å². The lowest BCUT2D eigenvalue weighted by atomic mass is 9.79. The number of hydrogen-bond acceptors (Lipinski definition) is 0. The van der Waals surface area contributed by atoms with Crippen molar-refractivity contribution in [2.75, 3.05) is 0 Å². The second-order valence-corrected chi connectivity index (χ2v) is 7.11. The van der Waals surface area contributed by atoms with Gasteiger partial charge in [-0.15, -0.1) is 0 Å². The topological polar surface area (TPSA) is 0 Å². The summed E-state index contributed by atoms with van der Waals surface area (Å²) in [6, 6.07) is 24.3. The maximum atomic E-state index is 2.33. The number of hydrogen-bond donors (Lipinski definition) is 0. The molecule has 108 valence electrons. The Morgan fingerprint density at radius 2 is 1.18 bits per heavy atom. The van der Waals surface area contributed by atoms with Crippen molar-refractivity contribution in [1.29, 1.82) is 0 Å². The van der Waals surface area contributed by atoms with Gasteiger partial charge >= 0.3 is 0 Å². The number of fused-ring (bicyclic) bond motifs is 4. The van der Waals surface area contributed by atoms with Crippen LogP contribution in [0.3, 0.4) is 0 Å². The van der Waals surface area contributed by atoms with Gasteiger partial charge in [0, 0.05) is 0 Å². The van der Waals surface area contributed by atoms with Gasteiger partial charge < -0.3 is 0 Å². The van der Waals surface area contributed by atoms with Gasteiger partial charge in [0.25, 0.3) is 0 Å². The lowest BCUT2D eigenvalue weighted by Gasteiger charge is -2.25. The molecule has 0 heteroatoms. The van der Waals surface area contributed by atoms with E-state index in [-0.39, 0.29) is 5.41 Å². The molecule has 0 radical (unpaired) electrons. The van der Waals surface area contributed by atoms with Crippen molar-refractivity contribution < 1.29 is 0 Å². The van der Waals surface area contributed by atoms with E-state index in [4.69, 9.17) is 0 Å². The van der Waals surface area contributed by atoms with Crippen molar-refractivity contribution in [3.05, 3.63) is 72.3 Å². The fraction of sp³-hybridized carbons (Fsp3) is 0.182. The zero-order chi connectivity index (χ0) is 15.3. The van der Waals surface area contributed by atoms with Crippen LogP contribution in [-0.4, -0.2) is 0 Å². The minimum atomic E-state index is 0.100. The standard InChI is InChI=1S/C22H20/c1-22(2,3)21-19-11-7-5-9-16(19)14-17-13-12-15-8-4-6-10-18(15)20(17)21/h4-14H,1-3H3. The minimum Gasteiger partial charge on any atom is -0.0616 e. The van der Waals surface area contributed by atoms with Crippen LogP contribution in [0.15, 0.2) is 66.7 Å². The molecular weight excluding hydrogens is 264 g/mol. The Bertz CT molecular complexity index is 1000. The van der Waals surface area contributed by atoms with Crippen LogP contribution in [0.5, 0.6) is 0 Å². The molecule has 4 aromatic rings. The molecule has 0 nitrogen and oxygen atoms in total. The molecule has 22 heavy (non-hydrogen) atoms. The summed E-state index contributed by atoms with van der Waals surface area (Å²) in [5.41, 5.74) is 1.56. The molecule has 0 aliphatic rings. The summed E-state index contributed by atoms with van der Waals surface area (Å²) < 4.78 is 0. The average molecular weight is 284 g/mol. The van der Waals surface area contributed by atoms with Gasteiger partial charge in [0.2, 0.25) is 0 Å². The summed E-state index contributed by atoms with van der Waals surface area (Å²) >= 11 is 0. The molecule has 0 atom stereocenters. The monoisotopic (exact) mass is 284 g/mol. The van der Waals surface area contributed by atoms with Crippen LogP contribution in [0.25, 0.3) is 32.3 Å². The van der Waals surface area contributed by atoms with E-state index in [1.165, 1.54) is 37.9 Å². The first-order chi connectivity index (χ1) is 10.6. The largest absolute Gasteiger partial charge is 0.0616 e. The molecule has 0 aliphatic carbocycles. The quantitative estimate of drug-likeness (QED) is 0.257. The third-order valence-corrected chi connectivity index (χ3v) is 4.50. The summed E-state index contributed by atoms with van der Waals surface area (Å²) in [5, 5.41) is 8.12. The van der Waals surface area contributed by atoms with E-state index in [9.17, 15) is 0 Å². The first-order valence-corrected chi connectivity index (χ1v) is 7.89. The molecule has 4 aromatic carbocycles. The maximum absolute atomic E-state index is 2.33. The van der Waals surface area contributed by atoms with Crippen LogP contribution in [0.4, 0.5) is 0 Å². The molecule has 4 rings (SSSR count). The fourth-order valence-corrected chi connectivity index (χ4v) is 3.62. The Morgan fingerprint density at radius 3 is 1.91 bits per heavy atom. The second-order valence-electron chi connectivity index (χ2n) is 7.11. The molecular formula is C22H20. The third kappa shape index (κ3) is 1.91. The van der Waals surface area contributed by atoms with Crippen LogP contribution in [-0.2, 0) is 5.41 Å². The maximum Gasteiger partial charge on any atom is -0.00616 e. The van der Waals surface area contributed by atoms with E-state index in [2.05, 4.69) is 87.5 Å². The molecule has 0 N–H and O–H groups in total. The van der Waals surface area contributed by atoms with E-state index in [1.54, 1.807) is 0 Å². The second kappa shape index (κ2) is 4.58. The summed E-state index contributed by atoms with van der Waals surface area (Å²) in [5.74, 6) is 0. The Labute approximate surface area is 131 Å². The summed E-state index contributed by atoms with van der Waals surface area (Å²) in [4.78, 5) is 0. The van der Waals surface area contributed by atoms with E-state index in [0.717, 1.165) is 0 Å². The number of benzene rings is 4. The fourth-order valence-electron chi connectivity index (χ4n) is 3.62. The highest BCUT2D eigenvalue weighted by Crippen LogP contribution is 2.40. The van der Waals surface area contributed by atoms with Crippen LogP contribution in [0.1, 0.15) is 26.3 Å². The van der Waals surface area contributed by atoms with Crippen molar-refractivity contribution in [1.82, 2.24) is 0 Å². The van der Waals surface area contributed by atoms with Gasteiger partial charge in [0.1, 0.15) is 0 Å². The summed E-state index contributed by atoms with van der Waals surface area (Å²) in [6.07, 6.45) is 0. The normalized spacial score (nSPS) is 12.3. The third-order valence-electron chi connectivity index (χ3n) is 4.50. The molecule has 0 unspecified atom stereocenters. The van der Waals surface area contributed by atoms with Gasteiger partial charge in [-0.1, -0.05) is 81.4 Å². The minimum absolute atomic E-state index is 0.100. The molecule has 0 aromatic heterocycles. The predicted molar refractivity (Wildman–Crippen MR) is 97.7 cm³/mol. The predicted octanol–water partition coefficient (Wildman–Crippen LogP) is 6.44. The van der Waals surface area contributed by atoms with Gasteiger partial charge in [-0.25, -0.2) is 0 Å². The first kappa shape index (κ1) is 13.3. The smallest absolute Gasteiger partial charge is 0.00616 e. The Hall–Kier alpha value is -2.34. The van der Waals surface area contributed by atoms with Crippen molar-refractivity contribution >= 4 is 32.3 Å². The zero-order valence-corrected chi connectivity index (χ0v) is 13.4. The van der Waals surface area contributed by atoms with Crippen molar-refractivity contribution in [3.8, 4) is 0 Å². The highest BCUT2D eigenvalue weighted by atomic mass is 14.2. The SMILES string of the molecule is CC(C)(C)c1c2ccccc2cc2ccc3ccccc3c12. The average Bonchev–Trinajstić information content (AvgIpc) is 2.51. The lowest BCUT2D eigenvalue weighted by Crippen LogP contribution is -2.12. The van der Waals surface area contributed by atoms with Gasteiger partial charge in [0.05, 0.1) is 0 Å². The van der Waals surface area contributed by atoms with Crippen molar-refractivity contribution in [2.45, 2.75) is 26.2 Å². The zero-order valence-electron chi connectivity index (χ0n) is 13.4. The van der Waals surface area contributed by atoms with Crippen molar-refractivity contribution in [3.63, 3.8) is 0 Å². The van der Waals surface area contributed by atoms with Crippen molar-refractivity contribution in [2.24, 2.45) is 0 Å². The first-order valence-electron chi connectivity index (χ1n) is 7.89. The Balaban J connectivity index is 2.35. The highest BCUT2D eigenvalue weighted by Gasteiger charge is 2.21. The number of rotatable bonds is 0. The van der Waals surface area contributed by atoms with E-state index in [1.807, 2.05) is 0 Å². The lowest BCUT2D eigenvalue weighted by molar-refractivity contribution is 0.601. The molecule has 0 saturated carbocycles. The van der Waals surface area contributed by atoms with Crippen LogP contribution in [0.2, 0.25) is 0 Å². The van der Waals surface area contributed by atoms with E-state index in [0.29, 0.717) is 0 Å². The molecule has 0 heterocycles. The van der Waals surface area contributed by atoms with Gasteiger partial charge in [0.15, 0.2) is 0 Å². The van der Waals surface area contributed by atoms with Gasteiger partial charge in [-0.3, -0.25) is 0 Å². The molecule has 0 bridgehead atoms. The molecule has 0 saturated heterocycles. The Kier molecular flexibility index (Phi) is 2.77. The summed E-state index contributed by atoms with van der Waals surface area (Å²) in [6.45, 7) is 6.95.